The van der Waals surface area contributed by atoms with E-state index in [-0.39, 0.29) is 20.4 Å². The van der Waals surface area contributed by atoms with Gasteiger partial charge in [0.2, 0.25) is 0 Å². The molecular weight excluding hydrogens is 680 g/mol. The van der Waals surface area contributed by atoms with Gasteiger partial charge in [0.05, 0.1) is 26.8 Å². The van der Waals surface area contributed by atoms with Crippen LogP contribution in [0.5, 0.6) is 0 Å². The van der Waals surface area contributed by atoms with Crippen molar-refractivity contribution in [3.63, 3.8) is 0 Å². The molecule has 4 aromatic rings. The van der Waals surface area contributed by atoms with Crippen molar-refractivity contribution in [1.29, 1.82) is 0 Å². The maximum Gasteiger partial charge on any atom is 0.194 e. The normalized spacial score (nSPS) is 22.3. The van der Waals surface area contributed by atoms with E-state index in [1.807, 2.05) is 23.6 Å². The van der Waals surface area contributed by atoms with Gasteiger partial charge in [0, 0.05) is 46.7 Å². The van der Waals surface area contributed by atoms with Gasteiger partial charge >= 0.3 is 0 Å². The van der Waals surface area contributed by atoms with Gasteiger partial charge in [-0.25, -0.2) is 21.9 Å². The number of amidine groups is 1. The lowest BCUT2D eigenvalue weighted by atomic mass is 9.91. The Labute approximate surface area is 285 Å². The van der Waals surface area contributed by atoms with E-state index in [0.717, 1.165) is 22.8 Å². The van der Waals surface area contributed by atoms with Crippen LogP contribution in [0.2, 0.25) is 5.02 Å². The second kappa shape index (κ2) is 12.8. The summed E-state index contributed by atoms with van der Waals surface area (Å²) in [6.45, 7) is 5.76. The van der Waals surface area contributed by atoms with Gasteiger partial charge in [0.25, 0.3) is 0 Å². The number of thioether (sulfide) groups is 1. The third-order valence-electron chi connectivity index (χ3n) is 8.64. The Hall–Kier alpha value is -3.58. The van der Waals surface area contributed by atoms with Crippen molar-refractivity contribution in [2.45, 2.75) is 46.8 Å². The largest absolute Gasteiger partial charge is 0.332 e. The first kappa shape index (κ1) is 32.0. The fraction of sp³-hybridized carbons (Fsp3) is 0.265. The van der Waals surface area contributed by atoms with Gasteiger partial charge < -0.3 is 4.90 Å². The number of fused-ring (bicyclic) bond motifs is 1. The second-order valence-electron chi connectivity index (χ2n) is 11.6. The standard InChI is InChI=1S/C34H30ClF2N5O2S3/c1-3-30(47(43,44)31-12-11-28(46-31)25-7-4-5-14-38-25)21-17-27-32(26-13-15-42(40-26)20(2)36)33(23-10-9-22(37)18-24(23)35)39-34(41(27)19-21)29-8-6-16-45-29/h3-7,9-16,18,20-21,29-30,33H,1,8,17,19H2,2H3/t20?,21-,29?,30?,33-/m0/s1. The van der Waals surface area contributed by atoms with Crippen LogP contribution < -0.4 is 0 Å². The minimum Gasteiger partial charge on any atom is -0.332 e. The highest BCUT2D eigenvalue weighted by atomic mass is 35.5. The lowest BCUT2D eigenvalue weighted by molar-refractivity contribution is 0.245. The summed E-state index contributed by atoms with van der Waals surface area (Å²) in [4.78, 5) is 12.5. The maximum absolute atomic E-state index is 14.4. The van der Waals surface area contributed by atoms with Gasteiger partial charge in [-0.05, 0) is 67.6 Å². The Morgan fingerprint density at radius 1 is 1.15 bits per heavy atom. The zero-order chi connectivity index (χ0) is 32.9. The SMILES string of the molecule is C=CC([C@H]1CC2=C(c3ccn(C(C)F)n3)[C@H](c3ccc(F)cc3Cl)N=C(C3CC=CS3)N2C1)S(=O)(=O)c1ccc(-c2ccccn2)s1. The molecule has 0 bridgehead atoms. The first-order valence-electron chi connectivity index (χ1n) is 15.1. The second-order valence-corrected chi connectivity index (χ2v) is 16.5. The fourth-order valence-corrected chi connectivity index (χ4v) is 10.9. The summed E-state index contributed by atoms with van der Waals surface area (Å²) in [5.41, 5.74) is 3.32. The quantitative estimate of drug-likeness (QED) is 0.162. The van der Waals surface area contributed by atoms with E-state index in [9.17, 15) is 17.2 Å². The Morgan fingerprint density at radius 2 is 2.00 bits per heavy atom. The van der Waals surface area contributed by atoms with E-state index >= 15 is 0 Å². The average Bonchev–Trinajstić information content (AvgIpc) is 3.88. The Bertz CT molecular complexity index is 2030. The Kier molecular flexibility index (Phi) is 8.71. The van der Waals surface area contributed by atoms with Crippen LogP contribution in [0.4, 0.5) is 8.78 Å². The van der Waals surface area contributed by atoms with E-state index in [1.54, 1.807) is 48.4 Å². The van der Waals surface area contributed by atoms with Gasteiger partial charge in [-0.1, -0.05) is 35.9 Å². The van der Waals surface area contributed by atoms with Crippen molar-refractivity contribution < 1.29 is 17.2 Å². The summed E-state index contributed by atoms with van der Waals surface area (Å²) in [5.74, 6) is -0.0591. The molecule has 7 nitrogen and oxygen atoms in total. The molecule has 3 aliphatic heterocycles. The number of hydrogen-bond acceptors (Lipinski definition) is 8. The molecule has 3 aliphatic rings. The smallest absolute Gasteiger partial charge is 0.194 e. The number of thiophene rings is 1. The van der Waals surface area contributed by atoms with Gasteiger partial charge in [0.1, 0.15) is 21.9 Å². The van der Waals surface area contributed by atoms with Crippen LogP contribution in [-0.4, -0.2) is 51.0 Å². The van der Waals surface area contributed by atoms with Crippen LogP contribution in [0.1, 0.15) is 43.4 Å². The predicted octanol–water partition coefficient (Wildman–Crippen LogP) is 8.52. The minimum absolute atomic E-state index is 0.00698. The summed E-state index contributed by atoms with van der Waals surface area (Å²) < 4.78 is 58.6. The van der Waals surface area contributed by atoms with Crippen molar-refractivity contribution in [3.05, 3.63) is 119 Å². The van der Waals surface area contributed by atoms with E-state index < -0.39 is 33.2 Å². The summed E-state index contributed by atoms with van der Waals surface area (Å²) in [6.07, 6.45) is 6.61. The zero-order valence-electron chi connectivity index (χ0n) is 25.2. The number of rotatable bonds is 9. The number of pyridine rings is 1. The first-order chi connectivity index (χ1) is 22.7. The summed E-state index contributed by atoms with van der Waals surface area (Å²) in [5, 5.41) is 5.91. The van der Waals surface area contributed by atoms with Crippen molar-refractivity contribution in [3.8, 4) is 10.6 Å². The predicted molar refractivity (Wildman–Crippen MR) is 185 cm³/mol. The monoisotopic (exact) mass is 709 g/mol. The van der Waals surface area contributed by atoms with Gasteiger partial charge in [0.15, 0.2) is 16.1 Å². The summed E-state index contributed by atoms with van der Waals surface area (Å²) in [6, 6.07) is 14.2. The maximum atomic E-state index is 14.4. The molecule has 3 unspecified atom stereocenters. The number of benzene rings is 1. The minimum atomic E-state index is -3.83. The molecule has 3 aromatic heterocycles. The topological polar surface area (TPSA) is 80.5 Å². The molecule has 6 heterocycles. The van der Waals surface area contributed by atoms with Crippen LogP contribution in [-0.2, 0) is 9.84 Å². The van der Waals surface area contributed by atoms with E-state index in [0.29, 0.717) is 35.5 Å². The number of hydrogen-bond donors (Lipinski definition) is 0. The molecule has 1 saturated heterocycles. The van der Waals surface area contributed by atoms with Crippen LogP contribution in [0, 0.1) is 11.7 Å². The Balaban J connectivity index is 1.33. The molecule has 242 valence electrons. The van der Waals surface area contributed by atoms with Crippen molar-refractivity contribution in [2.75, 3.05) is 6.54 Å². The average molecular weight is 710 g/mol. The van der Waals surface area contributed by atoms with Crippen molar-refractivity contribution >= 4 is 55.9 Å². The molecule has 1 fully saturated rings. The molecule has 0 N–H and O–H groups in total. The van der Waals surface area contributed by atoms with Crippen LogP contribution in [0.25, 0.3) is 16.1 Å². The number of allylic oxidation sites excluding steroid dienone is 2. The number of nitrogens with zero attached hydrogens (tertiary/aromatic N) is 5. The highest BCUT2D eigenvalue weighted by Crippen LogP contribution is 2.49. The molecule has 0 spiro atoms. The lowest BCUT2D eigenvalue weighted by Gasteiger charge is -2.35. The van der Waals surface area contributed by atoms with Crippen LogP contribution >= 0.6 is 34.7 Å². The number of aliphatic imine (C=N–C) groups is 1. The number of alkyl halides is 1. The molecular formula is C34H30ClF2N5O2S3. The van der Waals surface area contributed by atoms with Gasteiger partial charge in [-0.3, -0.25) is 9.98 Å². The van der Waals surface area contributed by atoms with Crippen LogP contribution in [0.3, 0.4) is 0 Å². The molecule has 0 radical (unpaired) electrons. The molecule has 0 aliphatic carbocycles. The molecule has 5 atom stereocenters. The number of sulfone groups is 1. The molecule has 47 heavy (non-hydrogen) atoms. The van der Waals surface area contributed by atoms with Crippen molar-refractivity contribution in [2.24, 2.45) is 10.9 Å². The zero-order valence-corrected chi connectivity index (χ0v) is 28.4. The molecule has 0 saturated carbocycles. The van der Waals surface area contributed by atoms with E-state index in [2.05, 4.69) is 27.6 Å². The van der Waals surface area contributed by atoms with Crippen molar-refractivity contribution in [1.82, 2.24) is 19.7 Å². The van der Waals surface area contributed by atoms with E-state index in [1.165, 1.54) is 41.2 Å². The number of aromatic nitrogens is 3. The van der Waals surface area contributed by atoms with Gasteiger partial charge in [-0.15, -0.1) is 29.7 Å². The molecule has 0 amide bonds. The third-order valence-corrected chi connectivity index (χ3v) is 13.9. The highest BCUT2D eigenvalue weighted by Gasteiger charge is 2.46. The van der Waals surface area contributed by atoms with Crippen LogP contribution in [0.15, 0.2) is 106 Å². The van der Waals surface area contributed by atoms with E-state index in [4.69, 9.17) is 16.6 Å². The molecule has 1 aromatic carbocycles. The molecule has 13 heteroatoms. The highest BCUT2D eigenvalue weighted by molar-refractivity contribution is 8.03. The Morgan fingerprint density at radius 3 is 2.68 bits per heavy atom. The number of halogens is 3. The lowest BCUT2D eigenvalue weighted by Crippen LogP contribution is -2.39. The molecule has 7 rings (SSSR count). The first-order valence-corrected chi connectivity index (χ1v) is 18.7. The fourth-order valence-electron chi connectivity index (χ4n) is 6.45. The van der Waals surface area contributed by atoms with Gasteiger partial charge in [-0.2, -0.15) is 5.10 Å². The summed E-state index contributed by atoms with van der Waals surface area (Å²) >= 11 is 9.49. The third kappa shape index (κ3) is 5.90. The summed E-state index contributed by atoms with van der Waals surface area (Å²) in [7, 11) is -3.83.